The molecular formula is C21H22N2O5. The Bertz CT molecular complexity index is 855. The normalized spacial score (nSPS) is 17.4. The van der Waals surface area contributed by atoms with Crippen LogP contribution in [-0.2, 0) is 22.7 Å². The van der Waals surface area contributed by atoms with Crippen molar-refractivity contribution in [1.29, 1.82) is 0 Å². The zero-order chi connectivity index (χ0) is 19.3. The van der Waals surface area contributed by atoms with E-state index >= 15 is 0 Å². The van der Waals surface area contributed by atoms with E-state index in [1.54, 1.807) is 0 Å². The summed E-state index contributed by atoms with van der Waals surface area (Å²) >= 11 is 0. The van der Waals surface area contributed by atoms with Gasteiger partial charge in [-0.05, 0) is 36.1 Å². The van der Waals surface area contributed by atoms with Crippen LogP contribution < -0.4 is 14.8 Å². The number of rotatable bonds is 5. The number of nitrogens with one attached hydrogen (secondary N) is 1. The summed E-state index contributed by atoms with van der Waals surface area (Å²) < 4.78 is 16.0. The summed E-state index contributed by atoms with van der Waals surface area (Å²) in [5.74, 6) is 1.21. The van der Waals surface area contributed by atoms with E-state index in [-0.39, 0.29) is 19.3 Å². The molecular weight excluding hydrogens is 360 g/mol. The molecule has 2 amide bonds. The van der Waals surface area contributed by atoms with Gasteiger partial charge in [-0.3, -0.25) is 9.69 Å². The highest BCUT2D eigenvalue weighted by Gasteiger charge is 2.35. The van der Waals surface area contributed by atoms with Gasteiger partial charge < -0.3 is 19.5 Å². The van der Waals surface area contributed by atoms with Gasteiger partial charge in [-0.2, -0.15) is 0 Å². The van der Waals surface area contributed by atoms with E-state index in [0.29, 0.717) is 31.0 Å². The molecule has 1 N–H and O–H groups in total. The zero-order valence-corrected chi connectivity index (χ0v) is 15.4. The van der Waals surface area contributed by atoms with Crippen LogP contribution in [0.15, 0.2) is 48.5 Å². The van der Waals surface area contributed by atoms with E-state index in [9.17, 15) is 9.59 Å². The van der Waals surface area contributed by atoms with Gasteiger partial charge in [0, 0.05) is 13.1 Å². The number of hydrogen-bond donors (Lipinski definition) is 1. The van der Waals surface area contributed by atoms with E-state index in [2.05, 4.69) is 5.32 Å². The number of hydrogen-bond acceptors (Lipinski definition) is 5. The van der Waals surface area contributed by atoms with Gasteiger partial charge in [0.2, 0.25) is 12.7 Å². The number of ether oxygens (including phenoxy) is 3. The smallest absolute Gasteiger partial charge is 0.410 e. The molecule has 0 aromatic heterocycles. The van der Waals surface area contributed by atoms with Crippen molar-refractivity contribution >= 4 is 12.0 Å². The molecule has 0 saturated carbocycles. The molecule has 2 aliphatic heterocycles. The fraction of sp³-hybridized carbons (Fsp3) is 0.333. The first-order valence-electron chi connectivity index (χ1n) is 9.34. The Labute approximate surface area is 163 Å². The molecule has 1 atom stereocenters. The molecule has 0 unspecified atom stereocenters. The van der Waals surface area contributed by atoms with E-state index in [4.69, 9.17) is 14.2 Å². The van der Waals surface area contributed by atoms with Gasteiger partial charge in [-0.1, -0.05) is 36.4 Å². The van der Waals surface area contributed by atoms with Gasteiger partial charge in [0.15, 0.2) is 11.5 Å². The Morgan fingerprint density at radius 3 is 2.75 bits per heavy atom. The molecule has 146 valence electrons. The van der Waals surface area contributed by atoms with Crippen LogP contribution in [0.3, 0.4) is 0 Å². The van der Waals surface area contributed by atoms with E-state index in [0.717, 1.165) is 17.5 Å². The van der Waals surface area contributed by atoms with Gasteiger partial charge in [-0.25, -0.2) is 4.79 Å². The predicted molar refractivity (Wildman–Crippen MR) is 101 cm³/mol. The summed E-state index contributed by atoms with van der Waals surface area (Å²) in [6.45, 7) is 1.30. The molecule has 7 nitrogen and oxygen atoms in total. The molecule has 0 spiro atoms. The fourth-order valence-corrected chi connectivity index (χ4v) is 3.42. The average Bonchev–Trinajstić information content (AvgIpc) is 3.40. The molecule has 2 aromatic rings. The first-order chi connectivity index (χ1) is 13.7. The fourth-order valence-electron chi connectivity index (χ4n) is 3.42. The highest BCUT2D eigenvalue weighted by molar-refractivity contribution is 5.86. The van der Waals surface area contributed by atoms with Crippen molar-refractivity contribution in [2.75, 3.05) is 13.3 Å². The second kappa shape index (κ2) is 8.21. The Morgan fingerprint density at radius 2 is 1.89 bits per heavy atom. The van der Waals surface area contributed by atoms with E-state index in [1.807, 2.05) is 48.5 Å². The number of carbonyl (C=O) groups is 2. The third-order valence-electron chi connectivity index (χ3n) is 4.90. The molecule has 0 radical (unpaired) electrons. The predicted octanol–water partition coefficient (Wildman–Crippen LogP) is 2.83. The topological polar surface area (TPSA) is 77.1 Å². The number of carbonyl (C=O) groups excluding carboxylic acids is 2. The maximum atomic E-state index is 12.6. The van der Waals surface area contributed by atoms with Gasteiger partial charge in [-0.15, -0.1) is 0 Å². The maximum Gasteiger partial charge on any atom is 0.410 e. The van der Waals surface area contributed by atoms with Crippen LogP contribution in [0.2, 0.25) is 0 Å². The van der Waals surface area contributed by atoms with Crippen molar-refractivity contribution in [1.82, 2.24) is 10.2 Å². The largest absolute Gasteiger partial charge is 0.454 e. The van der Waals surface area contributed by atoms with Gasteiger partial charge in [0.25, 0.3) is 0 Å². The molecule has 28 heavy (non-hydrogen) atoms. The van der Waals surface area contributed by atoms with Crippen LogP contribution in [0.4, 0.5) is 4.79 Å². The Morgan fingerprint density at radius 1 is 1.07 bits per heavy atom. The highest BCUT2D eigenvalue weighted by atomic mass is 16.7. The van der Waals surface area contributed by atoms with E-state index < -0.39 is 12.1 Å². The number of benzene rings is 2. The number of likely N-dealkylation sites (tertiary alicyclic amines) is 1. The summed E-state index contributed by atoms with van der Waals surface area (Å²) in [7, 11) is 0. The van der Waals surface area contributed by atoms with Crippen molar-refractivity contribution in [3.8, 4) is 11.5 Å². The van der Waals surface area contributed by atoms with Gasteiger partial charge >= 0.3 is 6.09 Å². The van der Waals surface area contributed by atoms with Gasteiger partial charge in [0.05, 0.1) is 0 Å². The molecule has 1 fully saturated rings. The molecule has 0 bridgehead atoms. The van der Waals surface area contributed by atoms with Crippen molar-refractivity contribution in [3.63, 3.8) is 0 Å². The molecule has 1 saturated heterocycles. The minimum absolute atomic E-state index is 0.174. The van der Waals surface area contributed by atoms with Crippen LogP contribution >= 0.6 is 0 Å². The average molecular weight is 382 g/mol. The maximum absolute atomic E-state index is 12.6. The summed E-state index contributed by atoms with van der Waals surface area (Å²) in [5.41, 5.74) is 1.83. The molecule has 2 heterocycles. The minimum atomic E-state index is -0.503. The van der Waals surface area contributed by atoms with Crippen molar-refractivity contribution < 1.29 is 23.8 Å². The summed E-state index contributed by atoms with van der Waals surface area (Å²) in [6.07, 6.45) is 0.959. The monoisotopic (exact) mass is 382 g/mol. The summed E-state index contributed by atoms with van der Waals surface area (Å²) in [4.78, 5) is 26.6. The van der Waals surface area contributed by atoms with Crippen LogP contribution in [-0.4, -0.2) is 36.3 Å². The Hall–Kier alpha value is -3.22. The molecule has 2 aliphatic rings. The molecule has 0 aliphatic carbocycles. The third kappa shape index (κ3) is 4.03. The quantitative estimate of drug-likeness (QED) is 0.861. The van der Waals surface area contributed by atoms with Crippen molar-refractivity contribution in [3.05, 3.63) is 59.7 Å². The minimum Gasteiger partial charge on any atom is -0.454 e. The molecule has 4 rings (SSSR count). The van der Waals surface area contributed by atoms with Crippen molar-refractivity contribution in [2.45, 2.75) is 32.0 Å². The van der Waals surface area contributed by atoms with Crippen LogP contribution in [0.1, 0.15) is 24.0 Å². The Balaban J connectivity index is 1.31. The SMILES string of the molecule is O=C(NCc1ccc2c(c1)OCO2)[C@@H]1CCCN1C(=O)OCc1ccccc1. The lowest BCUT2D eigenvalue weighted by molar-refractivity contribution is -0.125. The number of nitrogens with zero attached hydrogens (tertiary/aromatic N) is 1. The number of fused-ring (bicyclic) bond motifs is 1. The standard InChI is InChI=1S/C21H22N2O5/c24-20(22-12-16-8-9-18-19(11-16)28-14-27-18)17-7-4-10-23(17)21(25)26-13-15-5-2-1-3-6-15/h1-3,5-6,8-9,11,17H,4,7,10,12-14H2,(H,22,24)/t17-/m0/s1. The second-order valence-corrected chi connectivity index (χ2v) is 6.80. The lowest BCUT2D eigenvalue weighted by atomic mass is 10.1. The van der Waals surface area contributed by atoms with Crippen LogP contribution in [0.25, 0.3) is 0 Å². The highest BCUT2D eigenvalue weighted by Crippen LogP contribution is 2.32. The Kier molecular flexibility index (Phi) is 5.32. The summed E-state index contributed by atoms with van der Waals surface area (Å²) in [5, 5.41) is 2.91. The van der Waals surface area contributed by atoms with Crippen LogP contribution in [0, 0.1) is 0 Å². The lowest BCUT2D eigenvalue weighted by Crippen LogP contribution is -2.45. The van der Waals surface area contributed by atoms with Crippen molar-refractivity contribution in [2.24, 2.45) is 0 Å². The lowest BCUT2D eigenvalue weighted by Gasteiger charge is -2.23. The zero-order valence-electron chi connectivity index (χ0n) is 15.4. The molecule has 7 heteroatoms. The second-order valence-electron chi connectivity index (χ2n) is 6.80. The first kappa shape index (κ1) is 18.2. The van der Waals surface area contributed by atoms with E-state index in [1.165, 1.54) is 4.90 Å². The first-order valence-corrected chi connectivity index (χ1v) is 9.34. The van der Waals surface area contributed by atoms with Gasteiger partial charge in [0.1, 0.15) is 12.6 Å². The molecule has 2 aromatic carbocycles. The van der Waals surface area contributed by atoms with Crippen LogP contribution in [0.5, 0.6) is 11.5 Å². The summed E-state index contributed by atoms with van der Waals surface area (Å²) in [6, 6.07) is 14.5. The number of amides is 2. The third-order valence-corrected chi connectivity index (χ3v) is 4.90.